The van der Waals surface area contributed by atoms with E-state index < -0.39 is 0 Å². The highest BCUT2D eigenvalue weighted by atomic mass is 16.5. The maximum Gasteiger partial charge on any atom is 0.219 e. The predicted octanol–water partition coefficient (Wildman–Crippen LogP) is 1.89. The molecule has 2 atom stereocenters. The second-order valence-electron chi connectivity index (χ2n) is 6.22. The molecule has 0 radical (unpaired) electrons. The van der Waals surface area contributed by atoms with E-state index in [0.29, 0.717) is 48.1 Å². The Hall–Kier alpha value is -3.42. The quantitative estimate of drug-likeness (QED) is 0.498. The van der Waals surface area contributed by atoms with Gasteiger partial charge in [-0.2, -0.15) is 4.98 Å². The van der Waals surface area contributed by atoms with Crippen LogP contribution in [0.5, 0.6) is 5.88 Å². The van der Waals surface area contributed by atoms with Crippen LogP contribution in [0.3, 0.4) is 0 Å². The zero-order valence-corrected chi connectivity index (χ0v) is 14.9. The summed E-state index contributed by atoms with van der Waals surface area (Å²) >= 11 is 0. The number of hydrogen-bond donors (Lipinski definition) is 4. The van der Waals surface area contributed by atoms with Gasteiger partial charge in [0.15, 0.2) is 5.82 Å². The Bertz CT molecular complexity index is 835. The highest BCUT2D eigenvalue weighted by molar-refractivity contribution is 5.76. The Morgan fingerprint density at radius 2 is 2.22 bits per heavy atom. The number of pyridine rings is 1. The van der Waals surface area contributed by atoms with E-state index in [-0.39, 0.29) is 0 Å². The van der Waals surface area contributed by atoms with Crippen molar-refractivity contribution < 1.29 is 4.74 Å². The van der Waals surface area contributed by atoms with Gasteiger partial charge in [0.05, 0.1) is 6.61 Å². The van der Waals surface area contributed by atoms with Crippen LogP contribution in [0.4, 0.5) is 5.82 Å². The average molecular weight is 365 g/mol. The van der Waals surface area contributed by atoms with Crippen LogP contribution >= 0.6 is 0 Å². The van der Waals surface area contributed by atoms with Crippen molar-refractivity contribution in [1.29, 1.82) is 5.41 Å². The first-order valence-corrected chi connectivity index (χ1v) is 8.69. The van der Waals surface area contributed by atoms with Crippen molar-refractivity contribution in [1.82, 2.24) is 15.0 Å². The van der Waals surface area contributed by atoms with Crippen LogP contribution < -0.4 is 21.5 Å². The van der Waals surface area contributed by atoms with Crippen molar-refractivity contribution in [3.8, 4) is 5.88 Å². The standard InChI is InChI=1S/C19H23N7O/c20-5-4-17-25-18(24-11-13(9-21)10-22)8-19(26-17)27-12-14-7-15(14)16-3-1-2-6-23-16/h1-6,8-10,14-15,21H,7,11-12,20,22H2,(H,24,25,26)/b5-4?,13-10+,21-9?/t14-,15+/m1/s1. The molecule has 0 bridgehead atoms. The third kappa shape index (κ3) is 5.04. The molecule has 27 heavy (non-hydrogen) atoms. The summed E-state index contributed by atoms with van der Waals surface area (Å²) in [5.74, 6) is 2.37. The second kappa shape index (κ2) is 8.79. The number of ether oxygens (including phenoxy) is 1. The fraction of sp³-hybridized carbons (Fsp3) is 0.263. The minimum Gasteiger partial charge on any atom is -0.477 e. The molecule has 3 rings (SSSR count). The molecule has 0 aromatic carbocycles. The molecule has 0 amide bonds. The zero-order chi connectivity index (χ0) is 19.1. The van der Waals surface area contributed by atoms with E-state index in [1.807, 2.05) is 24.4 Å². The summed E-state index contributed by atoms with van der Waals surface area (Å²) < 4.78 is 5.89. The molecule has 8 nitrogen and oxygen atoms in total. The van der Waals surface area contributed by atoms with Crippen LogP contribution in [-0.2, 0) is 0 Å². The van der Waals surface area contributed by atoms with E-state index in [0.717, 1.165) is 12.1 Å². The fourth-order valence-corrected chi connectivity index (χ4v) is 2.70. The first kappa shape index (κ1) is 18.4. The van der Waals surface area contributed by atoms with E-state index in [1.54, 1.807) is 12.1 Å². The Kier molecular flexibility index (Phi) is 5.98. The van der Waals surface area contributed by atoms with Crippen molar-refractivity contribution in [2.75, 3.05) is 18.5 Å². The minimum atomic E-state index is 0.382. The van der Waals surface area contributed by atoms with Gasteiger partial charge in [0.1, 0.15) is 5.82 Å². The van der Waals surface area contributed by atoms with E-state index in [2.05, 4.69) is 20.3 Å². The molecule has 0 saturated heterocycles. The Morgan fingerprint density at radius 3 is 2.93 bits per heavy atom. The van der Waals surface area contributed by atoms with Crippen molar-refractivity contribution in [3.05, 3.63) is 60.0 Å². The van der Waals surface area contributed by atoms with Crippen LogP contribution in [-0.4, -0.2) is 34.3 Å². The summed E-state index contributed by atoms with van der Waals surface area (Å²) in [6.45, 7) is 0.949. The zero-order valence-electron chi connectivity index (χ0n) is 14.9. The summed E-state index contributed by atoms with van der Waals surface area (Å²) in [5.41, 5.74) is 12.7. The largest absolute Gasteiger partial charge is 0.477 e. The number of rotatable bonds is 9. The molecule has 2 heterocycles. The van der Waals surface area contributed by atoms with Crippen molar-refractivity contribution >= 4 is 18.1 Å². The van der Waals surface area contributed by atoms with Crippen molar-refractivity contribution in [3.63, 3.8) is 0 Å². The molecule has 140 valence electrons. The van der Waals surface area contributed by atoms with E-state index in [9.17, 15) is 0 Å². The van der Waals surface area contributed by atoms with Crippen LogP contribution in [0, 0.1) is 11.3 Å². The van der Waals surface area contributed by atoms with Gasteiger partial charge >= 0.3 is 0 Å². The van der Waals surface area contributed by atoms with Gasteiger partial charge in [0.2, 0.25) is 5.88 Å². The number of anilines is 1. The number of hydrogen-bond acceptors (Lipinski definition) is 8. The van der Waals surface area contributed by atoms with Gasteiger partial charge in [-0.25, -0.2) is 4.98 Å². The van der Waals surface area contributed by atoms with E-state index in [4.69, 9.17) is 21.6 Å². The molecule has 1 fully saturated rings. The lowest BCUT2D eigenvalue weighted by Gasteiger charge is -2.10. The maximum atomic E-state index is 7.28. The Labute approximate surface area is 157 Å². The number of nitrogens with two attached hydrogens (primary N) is 2. The third-order valence-corrected chi connectivity index (χ3v) is 4.27. The molecule has 1 saturated carbocycles. The molecule has 0 aliphatic heterocycles. The molecule has 1 aliphatic carbocycles. The number of nitrogens with one attached hydrogen (secondary N) is 2. The monoisotopic (exact) mass is 365 g/mol. The molecule has 8 heteroatoms. The molecule has 0 unspecified atom stereocenters. The van der Waals surface area contributed by atoms with Crippen LogP contribution in [0.15, 0.2) is 48.4 Å². The highest BCUT2D eigenvalue weighted by Crippen LogP contribution is 2.46. The molecular weight excluding hydrogens is 342 g/mol. The predicted molar refractivity (Wildman–Crippen MR) is 105 cm³/mol. The Morgan fingerprint density at radius 1 is 1.33 bits per heavy atom. The van der Waals surface area contributed by atoms with Gasteiger partial charge in [-0.1, -0.05) is 6.07 Å². The molecule has 2 aromatic rings. The smallest absolute Gasteiger partial charge is 0.219 e. The normalized spacial score (nSPS) is 19.0. The van der Waals surface area contributed by atoms with Crippen LogP contribution in [0.25, 0.3) is 6.08 Å². The summed E-state index contributed by atoms with van der Waals surface area (Å²) in [6.07, 6.45) is 8.43. The summed E-state index contributed by atoms with van der Waals surface area (Å²) in [7, 11) is 0. The summed E-state index contributed by atoms with van der Waals surface area (Å²) in [6, 6.07) is 7.70. The van der Waals surface area contributed by atoms with Gasteiger partial charge in [0, 0.05) is 54.3 Å². The SMILES string of the molecule is N=C/C(=C\N)CNc1cc(OC[C@H]2C[C@@H]2c2ccccn2)nc(C=CN)n1. The first-order chi connectivity index (χ1) is 13.2. The van der Waals surface area contributed by atoms with Crippen molar-refractivity contribution in [2.24, 2.45) is 17.4 Å². The van der Waals surface area contributed by atoms with Gasteiger partial charge < -0.3 is 26.9 Å². The summed E-state index contributed by atoms with van der Waals surface area (Å²) in [5, 5.41) is 10.4. The second-order valence-corrected chi connectivity index (χ2v) is 6.22. The number of nitrogens with zero attached hydrogens (tertiary/aromatic N) is 3. The minimum absolute atomic E-state index is 0.382. The van der Waals surface area contributed by atoms with E-state index in [1.165, 1.54) is 18.6 Å². The lowest BCUT2D eigenvalue weighted by Crippen LogP contribution is -2.10. The lowest BCUT2D eigenvalue weighted by atomic mass is 10.2. The lowest BCUT2D eigenvalue weighted by molar-refractivity contribution is 0.285. The molecule has 1 aliphatic rings. The van der Waals surface area contributed by atoms with Crippen LogP contribution in [0.1, 0.15) is 23.9 Å². The van der Waals surface area contributed by atoms with Crippen LogP contribution in [0.2, 0.25) is 0 Å². The molecule has 6 N–H and O–H groups in total. The molecule has 0 spiro atoms. The maximum absolute atomic E-state index is 7.28. The molecular formula is C19H23N7O. The molecule has 2 aromatic heterocycles. The first-order valence-electron chi connectivity index (χ1n) is 8.69. The van der Waals surface area contributed by atoms with E-state index >= 15 is 0 Å². The third-order valence-electron chi connectivity index (χ3n) is 4.27. The average Bonchev–Trinajstić information content (AvgIpc) is 3.48. The fourth-order valence-electron chi connectivity index (χ4n) is 2.70. The van der Waals surface area contributed by atoms with Gasteiger partial charge in [-0.3, -0.25) is 4.98 Å². The van der Waals surface area contributed by atoms with Gasteiger partial charge in [-0.05, 0) is 30.8 Å². The van der Waals surface area contributed by atoms with Gasteiger partial charge in [0.25, 0.3) is 0 Å². The van der Waals surface area contributed by atoms with Crippen molar-refractivity contribution in [2.45, 2.75) is 12.3 Å². The topological polar surface area (TPSA) is 136 Å². The number of aromatic nitrogens is 3. The highest BCUT2D eigenvalue weighted by Gasteiger charge is 2.39. The summed E-state index contributed by atoms with van der Waals surface area (Å²) in [4.78, 5) is 13.1. The van der Waals surface area contributed by atoms with Gasteiger partial charge in [-0.15, -0.1) is 0 Å². The Balaban J connectivity index is 1.63.